The molecule has 0 unspecified atom stereocenters. The quantitative estimate of drug-likeness (QED) is 0.152. The summed E-state index contributed by atoms with van der Waals surface area (Å²) in [6.07, 6.45) is 0. The van der Waals surface area contributed by atoms with Crippen molar-refractivity contribution in [3.8, 4) is 54.8 Å². The monoisotopic (exact) mass is 1030 g/mol. The zero-order chi connectivity index (χ0) is 51.0. The third kappa shape index (κ3) is 6.39. The number of rotatable bonds is 7. The Hall–Kier alpha value is -9.72. The molecule has 17 aromatic rings. The van der Waals surface area contributed by atoms with Gasteiger partial charge in [0.2, 0.25) is 0 Å². The van der Waals surface area contributed by atoms with Crippen molar-refractivity contribution < 1.29 is 0 Å². The average Bonchev–Trinajstić information content (AvgIpc) is 4.53. The van der Waals surface area contributed by atoms with Crippen LogP contribution in [0.4, 0.5) is 0 Å². The Morgan fingerprint density at radius 2 is 0.564 bits per heavy atom. The van der Waals surface area contributed by atoms with Crippen LogP contribution in [0.2, 0.25) is 0 Å². The van der Waals surface area contributed by atoms with Crippen molar-refractivity contribution in [3.63, 3.8) is 0 Å². The molecule has 0 amide bonds. The molecule has 4 nitrogen and oxygen atoms in total. The van der Waals surface area contributed by atoms with Crippen LogP contribution in [0.3, 0.4) is 0 Å². The first-order valence-corrected chi connectivity index (χ1v) is 28.2. The second kappa shape index (κ2) is 16.9. The molecule has 0 aliphatic heterocycles. The molecule has 0 bridgehead atoms. The highest BCUT2D eigenvalue weighted by Gasteiger charge is 2.24. The van der Waals surface area contributed by atoms with E-state index < -0.39 is 0 Å². The number of nitrogens with zero attached hydrogens (tertiary/aromatic N) is 4. The van der Waals surface area contributed by atoms with Crippen molar-refractivity contribution in [1.82, 2.24) is 18.3 Å². The normalized spacial score (nSPS) is 12.1. The number of hydrogen-bond donors (Lipinski definition) is 0. The van der Waals surface area contributed by atoms with E-state index >= 15 is 0 Å². The van der Waals surface area contributed by atoms with E-state index in [1.807, 2.05) is 22.7 Å². The average molecular weight is 1030 g/mol. The minimum absolute atomic E-state index is 1.16. The molecule has 0 saturated carbocycles. The molecule has 0 aliphatic rings. The summed E-state index contributed by atoms with van der Waals surface area (Å²) >= 11 is 3.82. The fourth-order valence-electron chi connectivity index (χ4n) is 12.8. The van der Waals surface area contributed by atoms with Crippen molar-refractivity contribution in [2.75, 3.05) is 0 Å². The molecule has 0 saturated heterocycles. The van der Waals surface area contributed by atoms with Gasteiger partial charge in [0.1, 0.15) is 0 Å². The van der Waals surface area contributed by atoms with Crippen LogP contribution < -0.4 is 0 Å². The molecule has 0 fully saturated rings. The highest BCUT2D eigenvalue weighted by Crippen LogP contribution is 2.49. The minimum atomic E-state index is 1.16. The molecular formula is C72H44N4S2. The van der Waals surface area contributed by atoms with Crippen LogP contribution in [0.1, 0.15) is 0 Å². The Labute approximate surface area is 456 Å². The van der Waals surface area contributed by atoms with Gasteiger partial charge in [0.05, 0.1) is 59.2 Å². The molecule has 11 aromatic carbocycles. The number of thiophene rings is 2. The SMILES string of the molecule is c1ccc(-n2c3ccccc3c3cc(-c4cc5c(s4)c4sc(-c6ccc7c(c6)c6ccccc6n7-c6ccccc6)cc4n5-c4ccc(-c5ccc6c(c5)c5ccccc5n6-c5ccccc5)c5ccccc45)ccc32)cc1. The van der Waals surface area contributed by atoms with Crippen LogP contribution >= 0.6 is 22.7 Å². The predicted octanol–water partition coefficient (Wildman–Crippen LogP) is 20.4. The topological polar surface area (TPSA) is 19.7 Å². The maximum absolute atomic E-state index is 2.56. The van der Waals surface area contributed by atoms with Gasteiger partial charge in [-0.3, -0.25) is 0 Å². The second-order valence-corrected chi connectivity index (χ2v) is 22.5. The lowest BCUT2D eigenvalue weighted by Crippen LogP contribution is -1.96. The van der Waals surface area contributed by atoms with Gasteiger partial charge in [-0.2, -0.15) is 0 Å². The van der Waals surface area contributed by atoms with Crippen LogP contribution in [0.5, 0.6) is 0 Å². The summed E-state index contributed by atoms with van der Waals surface area (Å²) in [7, 11) is 0. The van der Waals surface area contributed by atoms with Crippen LogP contribution in [-0.2, 0) is 0 Å². The summed E-state index contributed by atoms with van der Waals surface area (Å²) in [4.78, 5) is 2.51. The van der Waals surface area contributed by atoms with Gasteiger partial charge in [0.25, 0.3) is 0 Å². The number of benzene rings is 11. The summed E-state index contributed by atoms with van der Waals surface area (Å²) in [5.74, 6) is 0. The zero-order valence-corrected chi connectivity index (χ0v) is 43.6. The van der Waals surface area contributed by atoms with Gasteiger partial charge >= 0.3 is 0 Å². The third-order valence-corrected chi connectivity index (χ3v) is 18.7. The van der Waals surface area contributed by atoms with E-state index in [9.17, 15) is 0 Å². The molecule has 0 atom stereocenters. The van der Waals surface area contributed by atoms with Crippen LogP contribution in [0, 0.1) is 0 Å². The Morgan fingerprint density at radius 1 is 0.218 bits per heavy atom. The fourth-order valence-corrected chi connectivity index (χ4v) is 15.2. The summed E-state index contributed by atoms with van der Waals surface area (Å²) in [6, 6.07) is 98.5. The van der Waals surface area contributed by atoms with Crippen molar-refractivity contribution in [2.45, 2.75) is 0 Å². The van der Waals surface area contributed by atoms with Crippen LogP contribution in [-0.4, -0.2) is 18.3 Å². The Kier molecular flexibility index (Phi) is 9.42. The molecule has 0 aliphatic carbocycles. The lowest BCUT2D eigenvalue weighted by atomic mass is 9.95. The molecule has 78 heavy (non-hydrogen) atoms. The van der Waals surface area contributed by atoms with Gasteiger partial charge < -0.3 is 18.3 Å². The lowest BCUT2D eigenvalue weighted by molar-refractivity contribution is 1.18. The van der Waals surface area contributed by atoms with Crippen molar-refractivity contribution in [3.05, 3.63) is 267 Å². The first-order valence-electron chi connectivity index (χ1n) is 26.6. The van der Waals surface area contributed by atoms with Crippen molar-refractivity contribution in [1.29, 1.82) is 0 Å². The van der Waals surface area contributed by atoms with Gasteiger partial charge in [-0.05, 0) is 137 Å². The Balaban J connectivity index is 0.872. The zero-order valence-electron chi connectivity index (χ0n) is 42.0. The van der Waals surface area contributed by atoms with Gasteiger partial charge in [0.15, 0.2) is 0 Å². The maximum atomic E-state index is 2.56. The maximum Gasteiger partial charge on any atom is 0.0711 e. The standard InChI is InChI=1S/C72H44N4S2/c1-4-18-48(19-5-1)73-60-29-15-12-26-54(60)57-40-45(32-36-64(57)73)51-35-39-63(53-25-11-10-24-52(51)53)76-67-43-69(46-33-37-65-58(41-46)55-27-13-16-30-61(55)74(65)49-20-6-2-7-21-49)77-71(67)72-68(76)44-70(78-72)47-34-38-66-59(42-47)56-28-14-17-31-62(56)75(66)50-22-8-3-9-23-50/h1-44H. The minimum Gasteiger partial charge on any atom is -0.309 e. The number of fused-ring (bicyclic) bond motifs is 13. The molecule has 17 rings (SSSR count). The van der Waals surface area contributed by atoms with E-state index in [0.717, 1.165) is 5.69 Å². The molecule has 6 heterocycles. The van der Waals surface area contributed by atoms with E-state index in [1.54, 1.807) is 0 Å². The van der Waals surface area contributed by atoms with Crippen LogP contribution in [0.25, 0.3) is 151 Å². The molecular weight excluding hydrogens is 985 g/mol. The number of aromatic nitrogens is 4. The van der Waals surface area contributed by atoms with Gasteiger partial charge in [-0.15, -0.1) is 22.7 Å². The first kappa shape index (κ1) is 43.5. The third-order valence-electron chi connectivity index (χ3n) is 16.2. The Bertz CT molecular complexity index is 5050. The second-order valence-electron chi connectivity index (χ2n) is 20.4. The molecule has 364 valence electrons. The van der Waals surface area contributed by atoms with Crippen molar-refractivity contribution >= 4 is 119 Å². The molecule has 0 radical (unpaired) electrons. The van der Waals surface area contributed by atoms with E-state index in [0.29, 0.717) is 0 Å². The Morgan fingerprint density at radius 3 is 1.00 bits per heavy atom. The predicted molar refractivity (Wildman–Crippen MR) is 333 cm³/mol. The van der Waals surface area contributed by atoms with E-state index in [1.165, 1.54) is 146 Å². The summed E-state index contributed by atoms with van der Waals surface area (Å²) in [5.41, 5.74) is 19.2. The summed E-state index contributed by atoms with van der Waals surface area (Å²) < 4.78 is 12.4. The lowest BCUT2D eigenvalue weighted by Gasteiger charge is -2.15. The molecule has 0 N–H and O–H groups in total. The number of hydrogen-bond acceptors (Lipinski definition) is 2. The molecule has 6 aromatic heterocycles. The first-order chi connectivity index (χ1) is 38.7. The van der Waals surface area contributed by atoms with Gasteiger partial charge in [0, 0.05) is 64.5 Å². The van der Waals surface area contributed by atoms with Crippen LogP contribution in [0.15, 0.2) is 267 Å². The highest BCUT2D eigenvalue weighted by atomic mass is 32.1. The fraction of sp³-hybridized carbons (Fsp3) is 0. The largest absolute Gasteiger partial charge is 0.309 e. The van der Waals surface area contributed by atoms with E-state index in [4.69, 9.17) is 0 Å². The van der Waals surface area contributed by atoms with Crippen molar-refractivity contribution in [2.24, 2.45) is 0 Å². The van der Waals surface area contributed by atoms with Gasteiger partial charge in [-0.1, -0.05) is 158 Å². The molecule has 0 spiro atoms. The summed E-state index contributed by atoms with van der Waals surface area (Å²) in [6.45, 7) is 0. The number of para-hydroxylation sites is 6. The molecule has 6 heteroatoms. The highest BCUT2D eigenvalue weighted by molar-refractivity contribution is 7.30. The smallest absolute Gasteiger partial charge is 0.0711 e. The summed E-state index contributed by atoms with van der Waals surface area (Å²) in [5, 5.41) is 9.95. The van der Waals surface area contributed by atoms with E-state index in [-0.39, 0.29) is 0 Å². The van der Waals surface area contributed by atoms with E-state index in [2.05, 4.69) is 285 Å². The van der Waals surface area contributed by atoms with Gasteiger partial charge in [-0.25, -0.2) is 0 Å².